The Bertz CT molecular complexity index is 1190. The normalized spacial score (nSPS) is 17.2. The summed E-state index contributed by atoms with van der Waals surface area (Å²) in [5.74, 6) is -0.0343. The Morgan fingerprint density at radius 3 is 2.44 bits per heavy atom. The fraction of sp³-hybridized carbons (Fsp3) is 0.231. The minimum atomic E-state index is -1.96. The van der Waals surface area contributed by atoms with Gasteiger partial charge in [-0.2, -0.15) is 0 Å². The number of aryl methyl sites for hydroxylation is 1. The Morgan fingerprint density at radius 2 is 1.72 bits per heavy atom. The van der Waals surface area contributed by atoms with Gasteiger partial charge in [0.2, 0.25) is 0 Å². The number of rotatable bonds is 7. The van der Waals surface area contributed by atoms with Crippen molar-refractivity contribution in [1.29, 1.82) is 0 Å². The van der Waals surface area contributed by atoms with Crippen molar-refractivity contribution in [3.63, 3.8) is 0 Å². The summed E-state index contributed by atoms with van der Waals surface area (Å²) in [6.07, 6.45) is -0.393. The van der Waals surface area contributed by atoms with Crippen molar-refractivity contribution in [2.45, 2.75) is 25.5 Å². The van der Waals surface area contributed by atoms with Gasteiger partial charge in [-0.1, -0.05) is 42.5 Å². The molecule has 0 spiro atoms. The fourth-order valence-electron chi connectivity index (χ4n) is 4.15. The number of fused-ring (bicyclic) bond motifs is 1. The molecule has 1 aliphatic heterocycles. The monoisotopic (exact) mass is 431 g/mol. The van der Waals surface area contributed by atoms with E-state index < -0.39 is 23.7 Å². The third kappa shape index (κ3) is 3.63. The Hall–Kier alpha value is -3.64. The fourth-order valence-corrected chi connectivity index (χ4v) is 4.15. The van der Waals surface area contributed by atoms with Gasteiger partial charge in [0.25, 0.3) is 5.91 Å². The first-order valence-electron chi connectivity index (χ1n) is 10.3. The number of anilines is 1. The van der Waals surface area contributed by atoms with Crippen molar-refractivity contribution in [2.75, 3.05) is 19.1 Å². The first-order valence-corrected chi connectivity index (χ1v) is 10.3. The molecule has 1 heterocycles. The molecule has 0 aromatic heterocycles. The highest BCUT2D eigenvalue weighted by Gasteiger charge is 2.51. The molecule has 1 unspecified atom stereocenters. The number of benzene rings is 3. The lowest BCUT2D eigenvalue weighted by Crippen LogP contribution is -2.41. The summed E-state index contributed by atoms with van der Waals surface area (Å²) in [7, 11) is 2.98. The van der Waals surface area contributed by atoms with E-state index in [-0.39, 0.29) is 5.56 Å². The van der Waals surface area contributed by atoms with Gasteiger partial charge in [0.05, 0.1) is 38.4 Å². The summed E-state index contributed by atoms with van der Waals surface area (Å²) in [5, 5.41) is 11.5. The molecular weight excluding hydrogens is 406 g/mol. The molecule has 1 amide bonds. The molecule has 4 rings (SSSR count). The molecule has 32 heavy (non-hydrogen) atoms. The zero-order valence-corrected chi connectivity index (χ0v) is 18.3. The predicted octanol–water partition coefficient (Wildman–Crippen LogP) is 4.02. The zero-order valence-electron chi connectivity index (χ0n) is 18.3. The van der Waals surface area contributed by atoms with E-state index in [2.05, 4.69) is 0 Å². The van der Waals surface area contributed by atoms with Crippen molar-refractivity contribution >= 4 is 17.4 Å². The van der Waals surface area contributed by atoms with Crippen LogP contribution in [0.25, 0.3) is 0 Å². The molecule has 6 heteroatoms. The second-order valence-corrected chi connectivity index (χ2v) is 7.86. The van der Waals surface area contributed by atoms with Crippen LogP contribution in [0, 0.1) is 6.92 Å². The number of carbonyl (C=O) groups is 2. The number of ketones is 1. The van der Waals surface area contributed by atoms with Crippen LogP contribution in [-0.2, 0) is 16.9 Å². The number of amides is 1. The lowest BCUT2D eigenvalue weighted by Gasteiger charge is -2.23. The highest BCUT2D eigenvalue weighted by Crippen LogP contribution is 2.44. The molecular formula is C26H25NO5. The maximum Gasteiger partial charge on any atom is 0.264 e. The summed E-state index contributed by atoms with van der Waals surface area (Å²) < 4.78 is 10.5. The quantitative estimate of drug-likeness (QED) is 0.572. The van der Waals surface area contributed by atoms with Crippen molar-refractivity contribution in [1.82, 2.24) is 0 Å². The summed E-state index contributed by atoms with van der Waals surface area (Å²) in [5.41, 5.74) is 1.39. The average Bonchev–Trinajstić information content (AvgIpc) is 3.01. The number of methoxy groups -OCH3 is 2. The number of nitrogens with zero attached hydrogens (tertiary/aromatic N) is 1. The Morgan fingerprint density at radius 1 is 1.00 bits per heavy atom. The molecule has 0 fully saturated rings. The van der Waals surface area contributed by atoms with E-state index in [0.717, 1.165) is 11.1 Å². The minimum Gasteiger partial charge on any atom is -0.497 e. The Kier molecular flexibility index (Phi) is 5.72. The Labute approximate surface area is 187 Å². The molecule has 1 aliphatic rings. The van der Waals surface area contributed by atoms with E-state index in [1.54, 1.807) is 41.3 Å². The highest BCUT2D eigenvalue weighted by molar-refractivity contribution is 6.11. The van der Waals surface area contributed by atoms with Gasteiger partial charge in [0.15, 0.2) is 11.4 Å². The first-order chi connectivity index (χ1) is 15.4. The van der Waals surface area contributed by atoms with E-state index in [4.69, 9.17) is 9.47 Å². The van der Waals surface area contributed by atoms with Crippen LogP contribution in [0.15, 0.2) is 66.7 Å². The number of hydrogen-bond acceptors (Lipinski definition) is 5. The summed E-state index contributed by atoms with van der Waals surface area (Å²) >= 11 is 0. The third-order valence-electron chi connectivity index (χ3n) is 5.95. The molecule has 0 saturated carbocycles. The van der Waals surface area contributed by atoms with Crippen molar-refractivity contribution in [3.8, 4) is 11.5 Å². The lowest BCUT2D eigenvalue weighted by atomic mass is 9.88. The van der Waals surface area contributed by atoms with Gasteiger partial charge in [-0.05, 0) is 36.2 Å². The smallest absolute Gasteiger partial charge is 0.264 e. The van der Waals surface area contributed by atoms with Crippen LogP contribution in [0.4, 0.5) is 5.69 Å². The molecule has 3 aromatic rings. The molecule has 0 saturated heterocycles. The maximum atomic E-state index is 13.5. The molecule has 0 radical (unpaired) electrons. The number of ether oxygens (including phenoxy) is 2. The largest absolute Gasteiger partial charge is 0.497 e. The van der Waals surface area contributed by atoms with Crippen molar-refractivity contribution < 1.29 is 24.2 Å². The van der Waals surface area contributed by atoms with Crippen LogP contribution >= 0.6 is 0 Å². The van der Waals surface area contributed by atoms with Crippen LogP contribution < -0.4 is 14.4 Å². The van der Waals surface area contributed by atoms with E-state index in [9.17, 15) is 14.7 Å². The van der Waals surface area contributed by atoms with E-state index in [0.29, 0.717) is 29.3 Å². The van der Waals surface area contributed by atoms with Crippen LogP contribution in [0.5, 0.6) is 11.5 Å². The van der Waals surface area contributed by atoms with E-state index in [1.165, 1.54) is 14.2 Å². The minimum absolute atomic E-state index is 0.282. The SMILES string of the molecule is COc1ccc(C(=O)CC2(O)C(=O)N(Cc3ccccc3C)c3ccccc32)c(OC)c1. The van der Waals surface area contributed by atoms with Gasteiger partial charge in [0.1, 0.15) is 11.5 Å². The summed E-state index contributed by atoms with van der Waals surface area (Å²) in [6.45, 7) is 2.29. The molecule has 0 bridgehead atoms. The van der Waals surface area contributed by atoms with Gasteiger partial charge in [0, 0.05) is 11.6 Å². The standard InChI is InChI=1S/C26H25NO5/c1-17-8-4-5-9-18(17)16-27-22-11-7-6-10-21(22)26(30,25(27)29)15-23(28)20-13-12-19(31-2)14-24(20)32-3/h4-14,30H,15-16H2,1-3H3. The highest BCUT2D eigenvalue weighted by atomic mass is 16.5. The van der Waals surface area contributed by atoms with Crippen LogP contribution in [0.1, 0.15) is 33.5 Å². The van der Waals surface area contributed by atoms with Crippen molar-refractivity contribution in [2.24, 2.45) is 0 Å². The van der Waals surface area contributed by atoms with Crippen LogP contribution in [0.3, 0.4) is 0 Å². The van der Waals surface area contributed by atoms with E-state index >= 15 is 0 Å². The second-order valence-electron chi connectivity index (χ2n) is 7.86. The van der Waals surface area contributed by atoms with Gasteiger partial charge in [-0.15, -0.1) is 0 Å². The van der Waals surface area contributed by atoms with Gasteiger partial charge >= 0.3 is 0 Å². The van der Waals surface area contributed by atoms with Crippen LogP contribution in [-0.4, -0.2) is 31.0 Å². The predicted molar refractivity (Wildman–Crippen MR) is 121 cm³/mol. The number of aliphatic hydroxyl groups is 1. The topological polar surface area (TPSA) is 76.1 Å². The van der Waals surface area contributed by atoms with Gasteiger partial charge in [-0.25, -0.2) is 0 Å². The van der Waals surface area contributed by atoms with Crippen molar-refractivity contribution in [3.05, 3.63) is 89.0 Å². The third-order valence-corrected chi connectivity index (χ3v) is 5.95. The lowest BCUT2D eigenvalue weighted by molar-refractivity contribution is -0.136. The summed E-state index contributed by atoms with van der Waals surface area (Å²) in [6, 6.07) is 19.7. The molecule has 3 aromatic carbocycles. The molecule has 1 atom stereocenters. The molecule has 164 valence electrons. The maximum absolute atomic E-state index is 13.5. The number of carbonyl (C=O) groups excluding carboxylic acids is 2. The van der Waals surface area contributed by atoms with Gasteiger partial charge < -0.3 is 19.5 Å². The summed E-state index contributed by atoms with van der Waals surface area (Å²) in [4.78, 5) is 28.3. The zero-order chi connectivity index (χ0) is 22.9. The first kappa shape index (κ1) is 21.6. The number of para-hydroxylation sites is 1. The van der Waals surface area contributed by atoms with Gasteiger partial charge in [-0.3, -0.25) is 9.59 Å². The molecule has 1 N–H and O–H groups in total. The molecule has 6 nitrogen and oxygen atoms in total. The number of Topliss-reactive ketones (excluding diaryl/α,β-unsaturated/α-hetero) is 1. The van der Waals surface area contributed by atoms with E-state index in [1.807, 2.05) is 37.3 Å². The number of hydrogen-bond donors (Lipinski definition) is 1. The average molecular weight is 431 g/mol. The van der Waals surface area contributed by atoms with Crippen LogP contribution in [0.2, 0.25) is 0 Å². The molecule has 0 aliphatic carbocycles. The Balaban J connectivity index is 1.69. The second kappa shape index (κ2) is 8.48.